The summed E-state index contributed by atoms with van der Waals surface area (Å²) in [5.41, 5.74) is 1.54. The van der Waals surface area contributed by atoms with E-state index in [1.54, 1.807) is 19.4 Å². The highest BCUT2D eigenvalue weighted by molar-refractivity contribution is 6.30. The number of hydrogen-bond donors (Lipinski definition) is 0. The van der Waals surface area contributed by atoms with Crippen LogP contribution >= 0.6 is 11.6 Å². The van der Waals surface area contributed by atoms with Crippen LogP contribution in [0.5, 0.6) is 0 Å². The van der Waals surface area contributed by atoms with Crippen LogP contribution in [0.15, 0.2) is 17.2 Å². The normalized spacial score (nSPS) is 10.8. The largest absolute Gasteiger partial charge is 0.333 e. The van der Waals surface area contributed by atoms with Crippen molar-refractivity contribution in [2.75, 3.05) is 0 Å². The molecule has 0 N–H and O–H groups in total. The number of halogens is 1. The number of nitrogens with zero attached hydrogens (tertiary/aromatic N) is 4. The zero-order valence-corrected chi connectivity index (χ0v) is 9.99. The lowest BCUT2D eigenvalue weighted by Gasteiger charge is -2.07. The molecule has 2 aromatic heterocycles. The lowest BCUT2D eigenvalue weighted by atomic mass is 10.2. The Morgan fingerprint density at radius 3 is 2.44 bits per heavy atom. The van der Waals surface area contributed by atoms with Crippen molar-refractivity contribution in [2.45, 2.75) is 13.8 Å². The first-order valence-electron chi connectivity index (χ1n) is 4.76. The van der Waals surface area contributed by atoms with Crippen molar-refractivity contribution in [1.29, 1.82) is 0 Å². The van der Waals surface area contributed by atoms with Gasteiger partial charge >= 0.3 is 5.69 Å². The molecule has 2 heterocycles. The van der Waals surface area contributed by atoms with E-state index in [1.807, 2.05) is 13.8 Å². The first kappa shape index (κ1) is 10.9. The van der Waals surface area contributed by atoms with E-state index in [9.17, 15) is 4.79 Å². The lowest BCUT2D eigenvalue weighted by Crippen LogP contribution is -2.22. The van der Waals surface area contributed by atoms with Crippen LogP contribution < -0.4 is 5.69 Å². The summed E-state index contributed by atoms with van der Waals surface area (Å²) in [6, 6.07) is 0. The molecule has 0 fully saturated rings. The van der Waals surface area contributed by atoms with Crippen molar-refractivity contribution in [3.8, 4) is 5.82 Å². The lowest BCUT2D eigenvalue weighted by molar-refractivity contribution is 0.794. The number of hydrogen-bond acceptors (Lipinski definition) is 3. The Bertz CT molecular complexity index is 599. The summed E-state index contributed by atoms with van der Waals surface area (Å²) in [4.78, 5) is 11.7. The van der Waals surface area contributed by atoms with Crippen LogP contribution in [0.1, 0.15) is 11.1 Å². The topological polar surface area (TPSA) is 52.7 Å². The molecule has 2 rings (SSSR count). The predicted octanol–water partition coefficient (Wildman–Crippen LogP) is 1.24. The molecule has 0 aromatic carbocycles. The number of rotatable bonds is 1. The van der Waals surface area contributed by atoms with Gasteiger partial charge in [0.2, 0.25) is 0 Å². The Kier molecular flexibility index (Phi) is 2.55. The van der Waals surface area contributed by atoms with Crippen molar-refractivity contribution in [1.82, 2.24) is 19.3 Å². The Hall–Kier alpha value is -1.62. The summed E-state index contributed by atoms with van der Waals surface area (Å²) < 4.78 is 2.93. The minimum absolute atomic E-state index is 0.154. The van der Waals surface area contributed by atoms with Gasteiger partial charge < -0.3 is 4.57 Å². The number of aromatic nitrogens is 4. The summed E-state index contributed by atoms with van der Waals surface area (Å²) in [7, 11) is 1.68. The molecule has 0 saturated heterocycles. The van der Waals surface area contributed by atoms with Crippen molar-refractivity contribution in [2.24, 2.45) is 7.05 Å². The average Bonchev–Trinajstić information content (AvgIpc) is 2.58. The van der Waals surface area contributed by atoms with Crippen molar-refractivity contribution >= 4 is 11.6 Å². The molecule has 0 unspecified atom stereocenters. The fraction of sp³-hybridized carbons (Fsp3) is 0.300. The first-order chi connectivity index (χ1) is 7.52. The standard InChI is InChI=1S/C10H11ClN4O/c1-6-7(2)9(13-12-8(6)11)15-5-4-14(3)10(15)16/h4-5H,1-3H3. The van der Waals surface area contributed by atoms with E-state index in [2.05, 4.69) is 10.2 Å². The van der Waals surface area contributed by atoms with Crippen LogP contribution in [0.2, 0.25) is 5.15 Å². The van der Waals surface area contributed by atoms with E-state index < -0.39 is 0 Å². The van der Waals surface area contributed by atoms with Gasteiger partial charge in [-0.3, -0.25) is 0 Å². The predicted molar refractivity (Wildman–Crippen MR) is 61.1 cm³/mol. The second-order valence-electron chi connectivity index (χ2n) is 3.63. The molecule has 0 aliphatic carbocycles. The maximum Gasteiger partial charge on any atom is 0.333 e. The molecule has 2 aromatic rings. The van der Waals surface area contributed by atoms with Crippen LogP contribution in [0.3, 0.4) is 0 Å². The smallest absolute Gasteiger partial charge is 0.302 e. The van der Waals surface area contributed by atoms with E-state index >= 15 is 0 Å². The summed E-state index contributed by atoms with van der Waals surface area (Å²) in [6.07, 6.45) is 3.33. The second-order valence-corrected chi connectivity index (χ2v) is 3.98. The molecule has 0 spiro atoms. The molecule has 84 valence electrons. The molecule has 0 aliphatic rings. The van der Waals surface area contributed by atoms with E-state index in [1.165, 1.54) is 9.13 Å². The highest BCUT2D eigenvalue weighted by Gasteiger charge is 2.12. The van der Waals surface area contributed by atoms with Crippen LogP contribution in [-0.4, -0.2) is 19.3 Å². The minimum Gasteiger partial charge on any atom is -0.302 e. The third-order valence-corrected chi connectivity index (χ3v) is 2.97. The summed E-state index contributed by atoms with van der Waals surface area (Å²) in [5, 5.41) is 8.13. The fourth-order valence-corrected chi connectivity index (χ4v) is 1.60. The summed E-state index contributed by atoms with van der Waals surface area (Å²) in [5.74, 6) is 0.521. The second kappa shape index (κ2) is 3.75. The third-order valence-electron chi connectivity index (χ3n) is 2.62. The summed E-state index contributed by atoms with van der Waals surface area (Å²) in [6.45, 7) is 3.72. The fourth-order valence-electron chi connectivity index (χ4n) is 1.42. The zero-order chi connectivity index (χ0) is 11.9. The molecule has 0 radical (unpaired) electrons. The molecule has 0 atom stereocenters. The highest BCUT2D eigenvalue weighted by Crippen LogP contribution is 2.18. The Balaban J connectivity index is 2.71. The highest BCUT2D eigenvalue weighted by atomic mass is 35.5. The Morgan fingerprint density at radius 2 is 1.88 bits per heavy atom. The Labute approximate surface area is 97.3 Å². The van der Waals surface area contributed by atoms with Gasteiger partial charge in [-0.1, -0.05) is 11.6 Å². The maximum atomic E-state index is 11.7. The van der Waals surface area contributed by atoms with Gasteiger partial charge in [0.15, 0.2) is 11.0 Å². The number of imidazole rings is 1. The van der Waals surface area contributed by atoms with Gasteiger partial charge in [0, 0.05) is 25.0 Å². The van der Waals surface area contributed by atoms with Crippen LogP contribution in [0.25, 0.3) is 5.82 Å². The zero-order valence-electron chi connectivity index (χ0n) is 9.23. The molecule has 5 nitrogen and oxygen atoms in total. The summed E-state index contributed by atoms with van der Waals surface area (Å²) >= 11 is 5.85. The van der Waals surface area contributed by atoms with Crippen LogP contribution in [0, 0.1) is 13.8 Å². The van der Waals surface area contributed by atoms with Crippen molar-refractivity contribution < 1.29 is 0 Å². The molecule has 0 amide bonds. The van der Waals surface area contributed by atoms with Gasteiger partial charge in [0.1, 0.15) is 0 Å². The molecule has 6 heteroatoms. The van der Waals surface area contributed by atoms with Gasteiger partial charge in [-0.2, -0.15) is 0 Å². The van der Waals surface area contributed by atoms with Gasteiger partial charge in [0.25, 0.3) is 0 Å². The average molecular weight is 239 g/mol. The van der Waals surface area contributed by atoms with E-state index in [0.29, 0.717) is 11.0 Å². The molecular formula is C10H11ClN4O. The maximum absolute atomic E-state index is 11.7. The third kappa shape index (κ3) is 1.53. The minimum atomic E-state index is -0.154. The van der Waals surface area contributed by atoms with E-state index in [0.717, 1.165) is 11.1 Å². The van der Waals surface area contributed by atoms with Gasteiger partial charge in [-0.25, -0.2) is 9.36 Å². The molecule has 0 bridgehead atoms. The molecular weight excluding hydrogens is 228 g/mol. The van der Waals surface area contributed by atoms with Crippen LogP contribution in [-0.2, 0) is 7.05 Å². The quantitative estimate of drug-likeness (QED) is 0.751. The Morgan fingerprint density at radius 1 is 1.19 bits per heavy atom. The van der Waals surface area contributed by atoms with E-state index in [-0.39, 0.29) is 5.69 Å². The monoisotopic (exact) mass is 238 g/mol. The van der Waals surface area contributed by atoms with Crippen molar-refractivity contribution in [3.63, 3.8) is 0 Å². The van der Waals surface area contributed by atoms with Gasteiger partial charge in [-0.05, 0) is 19.4 Å². The molecule has 16 heavy (non-hydrogen) atoms. The van der Waals surface area contributed by atoms with E-state index in [4.69, 9.17) is 11.6 Å². The van der Waals surface area contributed by atoms with Gasteiger partial charge in [0.05, 0.1) is 0 Å². The first-order valence-corrected chi connectivity index (χ1v) is 5.14. The molecule has 0 aliphatic heterocycles. The number of aryl methyl sites for hydroxylation is 1. The SMILES string of the molecule is Cc1c(Cl)nnc(-n2ccn(C)c2=O)c1C. The van der Waals surface area contributed by atoms with Gasteiger partial charge in [-0.15, -0.1) is 10.2 Å². The molecule has 0 saturated carbocycles. The van der Waals surface area contributed by atoms with Crippen molar-refractivity contribution in [3.05, 3.63) is 39.2 Å². The van der Waals surface area contributed by atoms with Crippen LogP contribution in [0.4, 0.5) is 0 Å².